The summed E-state index contributed by atoms with van der Waals surface area (Å²) in [6.07, 6.45) is -0.228. The van der Waals surface area contributed by atoms with E-state index in [0.717, 1.165) is 11.3 Å². The van der Waals surface area contributed by atoms with E-state index in [1.807, 2.05) is 0 Å². The van der Waals surface area contributed by atoms with E-state index in [1.165, 1.54) is 0 Å². The normalized spacial score (nSPS) is 19.4. The third-order valence-corrected chi connectivity index (χ3v) is 1.74. The lowest BCUT2D eigenvalue weighted by Gasteiger charge is -2.24. The number of aliphatic hydroxyl groups excluding tert-OH is 2. The second-order valence-corrected chi connectivity index (χ2v) is 2.82. The first-order valence-corrected chi connectivity index (χ1v) is 4.01. The van der Waals surface area contributed by atoms with Gasteiger partial charge in [-0.3, -0.25) is 4.90 Å². The van der Waals surface area contributed by atoms with Crippen LogP contribution in [0.2, 0.25) is 0 Å². The van der Waals surface area contributed by atoms with Crippen LogP contribution in [-0.2, 0) is 0 Å². The molecule has 2 unspecified atom stereocenters. The van der Waals surface area contributed by atoms with Crippen LogP contribution < -0.4 is 10.6 Å². The summed E-state index contributed by atoms with van der Waals surface area (Å²) in [5.41, 5.74) is 5.30. The fourth-order valence-electron chi connectivity index (χ4n) is 1.07. The maximum atomic E-state index is 9.17. The maximum Gasteiger partial charge on any atom is 0.188 e. The molecule has 0 saturated heterocycles. The summed E-state index contributed by atoms with van der Waals surface area (Å²) in [5.74, 6) is 0. The van der Waals surface area contributed by atoms with Gasteiger partial charge in [0.05, 0.1) is 6.54 Å². The van der Waals surface area contributed by atoms with E-state index in [1.54, 1.807) is 13.8 Å². The second-order valence-electron chi connectivity index (χ2n) is 2.82. The van der Waals surface area contributed by atoms with Crippen LogP contribution in [0, 0.1) is 0 Å². The van der Waals surface area contributed by atoms with Gasteiger partial charge in [0.1, 0.15) is 0 Å². The summed E-state index contributed by atoms with van der Waals surface area (Å²) in [6, 6.07) is 0. The van der Waals surface area contributed by atoms with Crippen molar-refractivity contribution >= 4 is 0 Å². The smallest absolute Gasteiger partial charge is 0.188 e. The van der Waals surface area contributed by atoms with Crippen molar-refractivity contribution in [3.8, 4) is 0 Å². The van der Waals surface area contributed by atoms with Crippen molar-refractivity contribution in [3.63, 3.8) is 0 Å². The van der Waals surface area contributed by atoms with Gasteiger partial charge in [-0.15, -0.1) is 0 Å². The number of aliphatic hydroxyl groups is 2. The molecule has 0 saturated carbocycles. The first-order chi connectivity index (χ1) is 5.09. The van der Waals surface area contributed by atoms with E-state index in [9.17, 15) is 10.2 Å². The molecule has 0 aliphatic heterocycles. The SMILES string of the molecule is CC(O)[NH+](CCCN)C(C)O. The lowest BCUT2D eigenvalue weighted by Crippen LogP contribution is -3.18. The molecule has 0 aromatic rings. The number of quaternary nitrogens is 1. The Bertz CT molecular complexity index is 88.4. The van der Waals surface area contributed by atoms with Crippen LogP contribution in [0.25, 0.3) is 0 Å². The van der Waals surface area contributed by atoms with Gasteiger partial charge in [0, 0.05) is 20.3 Å². The average Bonchev–Trinajstić information content (AvgIpc) is 1.87. The summed E-state index contributed by atoms with van der Waals surface area (Å²) >= 11 is 0. The number of rotatable bonds is 5. The van der Waals surface area contributed by atoms with Crippen LogP contribution in [0.15, 0.2) is 0 Å². The van der Waals surface area contributed by atoms with Gasteiger partial charge in [-0.2, -0.15) is 0 Å². The highest BCUT2D eigenvalue weighted by Gasteiger charge is 2.18. The average molecular weight is 163 g/mol. The van der Waals surface area contributed by atoms with Gasteiger partial charge in [-0.05, 0) is 6.54 Å². The lowest BCUT2D eigenvalue weighted by atomic mass is 10.3. The third-order valence-electron chi connectivity index (χ3n) is 1.74. The topological polar surface area (TPSA) is 70.9 Å². The zero-order chi connectivity index (χ0) is 8.85. The molecule has 0 aromatic heterocycles. The predicted octanol–water partition coefficient (Wildman–Crippen LogP) is -2.10. The lowest BCUT2D eigenvalue weighted by molar-refractivity contribution is -0.986. The fraction of sp³-hybridized carbons (Fsp3) is 1.00. The minimum Gasteiger partial charge on any atom is -0.345 e. The van der Waals surface area contributed by atoms with E-state index in [2.05, 4.69) is 0 Å². The summed E-state index contributed by atoms with van der Waals surface area (Å²) in [6.45, 7) is 4.64. The Balaban J connectivity index is 3.70. The van der Waals surface area contributed by atoms with Crippen LogP contribution >= 0.6 is 0 Å². The molecule has 0 fully saturated rings. The van der Waals surface area contributed by atoms with E-state index < -0.39 is 12.5 Å². The van der Waals surface area contributed by atoms with Crippen molar-refractivity contribution in [1.82, 2.24) is 0 Å². The van der Waals surface area contributed by atoms with E-state index >= 15 is 0 Å². The van der Waals surface area contributed by atoms with Crippen LogP contribution in [0.5, 0.6) is 0 Å². The summed E-state index contributed by atoms with van der Waals surface area (Å²) in [7, 11) is 0. The maximum absolute atomic E-state index is 9.17. The zero-order valence-electron chi connectivity index (χ0n) is 7.25. The Hall–Kier alpha value is -0.160. The van der Waals surface area contributed by atoms with Gasteiger partial charge in [0.2, 0.25) is 0 Å². The Kier molecular flexibility index (Phi) is 5.41. The number of hydrogen-bond donors (Lipinski definition) is 4. The quantitative estimate of drug-likeness (QED) is 0.351. The number of nitrogens with two attached hydrogens (primary N) is 1. The van der Waals surface area contributed by atoms with Crippen molar-refractivity contribution < 1.29 is 15.1 Å². The molecule has 0 spiro atoms. The minimum atomic E-state index is -0.526. The monoisotopic (exact) mass is 163 g/mol. The second kappa shape index (κ2) is 5.49. The molecule has 0 aliphatic carbocycles. The van der Waals surface area contributed by atoms with Gasteiger partial charge in [-0.1, -0.05) is 0 Å². The summed E-state index contributed by atoms with van der Waals surface area (Å²) in [4.78, 5) is 0.774. The Morgan fingerprint density at radius 2 is 1.73 bits per heavy atom. The molecule has 0 aromatic carbocycles. The highest BCUT2D eigenvalue weighted by Crippen LogP contribution is 1.73. The summed E-state index contributed by atoms with van der Waals surface area (Å²) < 4.78 is 0. The van der Waals surface area contributed by atoms with Gasteiger partial charge in [0.15, 0.2) is 12.5 Å². The fourth-order valence-corrected chi connectivity index (χ4v) is 1.07. The van der Waals surface area contributed by atoms with Gasteiger partial charge in [-0.25, -0.2) is 0 Å². The largest absolute Gasteiger partial charge is 0.345 e. The van der Waals surface area contributed by atoms with Crippen LogP contribution in [0.1, 0.15) is 20.3 Å². The molecule has 0 bridgehead atoms. The van der Waals surface area contributed by atoms with E-state index in [4.69, 9.17) is 5.73 Å². The molecule has 0 radical (unpaired) electrons. The molecule has 4 heteroatoms. The molecular formula is C7H19N2O2+. The molecule has 4 nitrogen and oxygen atoms in total. The number of nitrogens with one attached hydrogen (secondary N) is 1. The van der Waals surface area contributed by atoms with Gasteiger partial charge >= 0.3 is 0 Å². The highest BCUT2D eigenvalue weighted by molar-refractivity contribution is 4.36. The van der Waals surface area contributed by atoms with Crippen molar-refractivity contribution in [2.75, 3.05) is 13.1 Å². The van der Waals surface area contributed by atoms with Crippen LogP contribution in [-0.4, -0.2) is 35.8 Å². The molecular weight excluding hydrogens is 144 g/mol. The number of hydrogen-bond acceptors (Lipinski definition) is 3. The van der Waals surface area contributed by atoms with Crippen LogP contribution in [0.3, 0.4) is 0 Å². The van der Waals surface area contributed by atoms with Crippen molar-refractivity contribution in [2.24, 2.45) is 5.73 Å². The molecule has 0 amide bonds. The Morgan fingerprint density at radius 3 is 2.00 bits per heavy atom. The standard InChI is InChI=1S/C7H18N2O2/c1-6(10)9(7(2)11)5-3-4-8/h6-7,10-11H,3-5,8H2,1-2H3/p+1. The van der Waals surface area contributed by atoms with Crippen molar-refractivity contribution in [1.29, 1.82) is 0 Å². The zero-order valence-corrected chi connectivity index (χ0v) is 7.25. The molecule has 0 heterocycles. The Morgan fingerprint density at radius 1 is 1.27 bits per heavy atom. The van der Waals surface area contributed by atoms with Crippen LogP contribution in [0.4, 0.5) is 0 Å². The molecule has 68 valence electrons. The first kappa shape index (κ1) is 10.8. The molecule has 11 heavy (non-hydrogen) atoms. The van der Waals surface area contributed by atoms with Crippen molar-refractivity contribution in [3.05, 3.63) is 0 Å². The molecule has 5 N–H and O–H groups in total. The minimum absolute atomic E-state index is 0.526. The molecule has 0 rings (SSSR count). The Labute approximate surface area is 67.6 Å². The van der Waals surface area contributed by atoms with Crippen molar-refractivity contribution in [2.45, 2.75) is 32.7 Å². The van der Waals surface area contributed by atoms with Gasteiger partial charge < -0.3 is 15.9 Å². The van der Waals surface area contributed by atoms with Gasteiger partial charge in [0.25, 0.3) is 0 Å². The third kappa shape index (κ3) is 4.31. The van der Waals surface area contributed by atoms with E-state index in [-0.39, 0.29) is 0 Å². The first-order valence-electron chi connectivity index (χ1n) is 4.01. The predicted molar refractivity (Wildman–Crippen MR) is 42.9 cm³/mol. The molecule has 0 aliphatic rings. The highest BCUT2D eigenvalue weighted by atomic mass is 16.3. The molecule has 2 atom stereocenters. The van der Waals surface area contributed by atoms with E-state index in [0.29, 0.717) is 13.1 Å². The summed E-state index contributed by atoms with van der Waals surface area (Å²) in [5, 5.41) is 18.3.